The molecule has 1 rings (SSSR count). The maximum atomic E-state index is 12.5. The van der Waals surface area contributed by atoms with Crippen LogP contribution in [0.15, 0.2) is 23.1 Å². The van der Waals surface area contributed by atoms with Gasteiger partial charge in [0.05, 0.1) is 4.90 Å². The van der Waals surface area contributed by atoms with Crippen molar-refractivity contribution in [3.05, 3.63) is 23.8 Å². The minimum Gasteiger partial charge on any atom is -0.399 e. The molecule has 0 radical (unpaired) electrons. The zero-order valence-electron chi connectivity index (χ0n) is 11.4. The maximum absolute atomic E-state index is 12.5. The van der Waals surface area contributed by atoms with Gasteiger partial charge >= 0.3 is 6.18 Å². The fourth-order valence-corrected chi connectivity index (χ4v) is 3.37. The van der Waals surface area contributed by atoms with E-state index in [1.807, 2.05) is 0 Å². The number of sulfonamides is 1. The number of anilines is 1. The molecule has 4 nitrogen and oxygen atoms in total. The summed E-state index contributed by atoms with van der Waals surface area (Å²) in [5.74, 6) is 0. The SMILES string of the molecule is Cc1cc(S(=O)(=O)N(CC(F)(F)F)C(C)C)ccc1N. The van der Waals surface area contributed by atoms with Crippen LogP contribution in [0.1, 0.15) is 19.4 Å². The molecule has 1 aromatic carbocycles. The molecule has 20 heavy (non-hydrogen) atoms. The number of halogens is 3. The minimum absolute atomic E-state index is 0.192. The van der Waals surface area contributed by atoms with Crippen molar-refractivity contribution >= 4 is 15.7 Å². The second-order valence-corrected chi connectivity index (χ2v) is 6.67. The number of hydrogen-bond donors (Lipinski definition) is 1. The first kappa shape index (κ1) is 16.8. The van der Waals surface area contributed by atoms with Gasteiger partial charge in [0.15, 0.2) is 0 Å². The Bertz CT molecular complexity index is 583. The van der Waals surface area contributed by atoms with E-state index in [1.54, 1.807) is 6.92 Å². The second-order valence-electron chi connectivity index (χ2n) is 4.78. The zero-order valence-corrected chi connectivity index (χ0v) is 12.2. The minimum atomic E-state index is -4.60. The molecule has 2 N–H and O–H groups in total. The Morgan fingerprint density at radius 2 is 1.85 bits per heavy atom. The summed E-state index contributed by atoms with van der Waals surface area (Å²) < 4.78 is 62.6. The van der Waals surface area contributed by atoms with Crippen LogP contribution in [-0.2, 0) is 10.0 Å². The number of nitrogens with zero attached hydrogens (tertiary/aromatic N) is 1. The average Bonchev–Trinajstić information content (AvgIpc) is 2.28. The molecule has 0 aliphatic heterocycles. The highest BCUT2D eigenvalue weighted by Gasteiger charge is 2.38. The van der Waals surface area contributed by atoms with E-state index in [9.17, 15) is 21.6 Å². The van der Waals surface area contributed by atoms with E-state index >= 15 is 0 Å². The monoisotopic (exact) mass is 310 g/mol. The fourth-order valence-electron chi connectivity index (χ4n) is 1.67. The molecule has 0 aliphatic rings. The van der Waals surface area contributed by atoms with Crippen LogP contribution in [0.3, 0.4) is 0 Å². The van der Waals surface area contributed by atoms with Crippen molar-refractivity contribution in [1.29, 1.82) is 0 Å². The second kappa shape index (κ2) is 5.61. The number of benzene rings is 1. The smallest absolute Gasteiger partial charge is 0.399 e. The third-order valence-corrected chi connectivity index (χ3v) is 4.78. The number of hydrogen-bond acceptors (Lipinski definition) is 3. The van der Waals surface area contributed by atoms with Crippen molar-refractivity contribution in [2.45, 2.75) is 37.9 Å². The van der Waals surface area contributed by atoms with Crippen LogP contribution in [0.25, 0.3) is 0 Å². The molecule has 0 bridgehead atoms. The van der Waals surface area contributed by atoms with E-state index in [0.717, 1.165) is 0 Å². The highest BCUT2D eigenvalue weighted by molar-refractivity contribution is 7.89. The molecule has 114 valence electrons. The van der Waals surface area contributed by atoms with Gasteiger partial charge in [-0.3, -0.25) is 0 Å². The molecule has 1 aromatic rings. The summed E-state index contributed by atoms with van der Waals surface area (Å²) in [7, 11) is -4.21. The summed E-state index contributed by atoms with van der Waals surface area (Å²) >= 11 is 0. The molecule has 8 heteroatoms. The van der Waals surface area contributed by atoms with Crippen LogP contribution in [-0.4, -0.2) is 31.5 Å². The van der Waals surface area contributed by atoms with Crippen molar-refractivity contribution in [1.82, 2.24) is 4.31 Å². The van der Waals surface area contributed by atoms with E-state index in [4.69, 9.17) is 5.73 Å². The molecule has 0 saturated heterocycles. The molecular formula is C12H17F3N2O2S. The Labute approximate surface area is 116 Å². The van der Waals surface area contributed by atoms with Crippen LogP contribution >= 0.6 is 0 Å². The molecule has 0 spiro atoms. The van der Waals surface area contributed by atoms with Crippen LogP contribution in [0.2, 0.25) is 0 Å². The van der Waals surface area contributed by atoms with Gasteiger partial charge in [0.25, 0.3) is 0 Å². The molecule has 0 heterocycles. The van der Waals surface area contributed by atoms with Crippen LogP contribution < -0.4 is 5.73 Å². The quantitative estimate of drug-likeness (QED) is 0.869. The van der Waals surface area contributed by atoms with Crippen molar-refractivity contribution in [3.8, 4) is 0 Å². The lowest BCUT2D eigenvalue weighted by molar-refractivity contribution is -0.138. The summed E-state index contributed by atoms with van der Waals surface area (Å²) in [5, 5.41) is 0. The van der Waals surface area contributed by atoms with Gasteiger partial charge < -0.3 is 5.73 Å². The van der Waals surface area contributed by atoms with Gasteiger partial charge in [-0.25, -0.2) is 8.42 Å². The average molecular weight is 310 g/mol. The first-order valence-electron chi connectivity index (χ1n) is 5.90. The largest absolute Gasteiger partial charge is 0.402 e. The molecule has 0 atom stereocenters. The Morgan fingerprint density at radius 3 is 2.25 bits per heavy atom. The van der Waals surface area contributed by atoms with Gasteiger partial charge in [-0.2, -0.15) is 17.5 Å². The molecule has 0 saturated carbocycles. The normalized spacial score (nSPS) is 13.2. The van der Waals surface area contributed by atoms with Crippen molar-refractivity contribution in [3.63, 3.8) is 0 Å². The Morgan fingerprint density at radius 1 is 1.30 bits per heavy atom. The van der Waals surface area contributed by atoms with E-state index in [0.29, 0.717) is 15.6 Å². The highest BCUT2D eigenvalue weighted by atomic mass is 32.2. The molecular weight excluding hydrogens is 293 g/mol. The highest BCUT2D eigenvalue weighted by Crippen LogP contribution is 2.26. The number of aryl methyl sites for hydroxylation is 1. The van der Waals surface area contributed by atoms with Gasteiger partial charge in [0, 0.05) is 11.7 Å². The van der Waals surface area contributed by atoms with Gasteiger partial charge in [-0.1, -0.05) is 0 Å². The predicted molar refractivity (Wildman–Crippen MR) is 70.7 cm³/mol. The first-order chi connectivity index (χ1) is 8.95. The summed E-state index contributed by atoms with van der Waals surface area (Å²) in [6.45, 7) is 2.87. The summed E-state index contributed by atoms with van der Waals surface area (Å²) in [5.41, 5.74) is 6.47. The number of rotatable bonds is 4. The number of nitrogens with two attached hydrogens (primary N) is 1. The zero-order chi connectivity index (χ0) is 15.7. The van der Waals surface area contributed by atoms with Gasteiger partial charge in [-0.15, -0.1) is 0 Å². The van der Waals surface area contributed by atoms with E-state index < -0.39 is 28.8 Å². The Hall–Kier alpha value is -1.28. The lowest BCUT2D eigenvalue weighted by atomic mass is 10.2. The summed E-state index contributed by atoms with van der Waals surface area (Å²) in [4.78, 5) is -0.192. The van der Waals surface area contributed by atoms with Gasteiger partial charge in [-0.05, 0) is 44.5 Å². The van der Waals surface area contributed by atoms with E-state index in [-0.39, 0.29) is 4.90 Å². The summed E-state index contributed by atoms with van der Waals surface area (Å²) in [6, 6.07) is 3.05. The topological polar surface area (TPSA) is 63.4 Å². The van der Waals surface area contributed by atoms with E-state index in [2.05, 4.69) is 0 Å². The Kier molecular flexibility index (Phi) is 4.70. The predicted octanol–water partition coefficient (Wildman–Crippen LogP) is 2.54. The molecule has 0 amide bonds. The van der Waals surface area contributed by atoms with Crippen LogP contribution in [0.4, 0.5) is 18.9 Å². The van der Waals surface area contributed by atoms with Crippen molar-refractivity contribution < 1.29 is 21.6 Å². The summed E-state index contributed by atoms with van der Waals surface area (Å²) in [6.07, 6.45) is -4.60. The molecule has 0 aliphatic carbocycles. The third kappa shape index (κ3) is 3.86. The van der Waals surface area contributed by atoms with Gasteiger partial charge in [0.2, 0.25) is 10.0 Å². The van der Waals surface area contributed by atoms with Crippen molar-refractivity contribution in [2.24, 2.45) is 0 Å². The van der Waals surface area contributed by atoms with Gasteiger partial charge in [0.1, 0.15) is 6.54 Å². The first-order valence-corrected chi connectivity index (χ1v) is 7.34. The van der Waals surface area contributed by atoms with Crippen LogP contribution in [0, 0.1) is 6.92 Å². The lowest BCUT2D eigenvalue weighted by Crippen LogP contribution is -2.43. The fraction of sp³-hybridized carbons (Fsp3) is 0.500. The van der Waals surface area contributed by atoms with Crippen LogP contribution in [0.5, 0.6) is 0 Å². The molecule has 0 unspecified atom stereocenters. The maximum Gasteiger partial charge on any atom is 0.402 e. The van der Waals surface area contributed by atoms with Crippen molar-refractivity contribution in [2.75, 3.05) is 12.3 Å². The lowest BCUT2D eigenvalue weighted by Gasteiger charge is -2.27. The third-order valence-electron chi connectivity index (χ3n) is 2.76. The number of alkyl halides is 3. The molecule has 0 aromatic heterocycles. The molecule has 0 fully saturated rings. The number of nitrogen functional groups attached to an aromatic ring is 1. The van der Waals surface area contributed by atoms with E-state index in [1.165, 1.54) is 32.0 Å². The standard InChI is InChI=1S/C12H17F3N2O2S/c1-8(2)17(7-12(13,14)15)20(18,19)10-4-5-11(16)9(3)6-10/h4-6,8H,7,16H2,1-3H3. The Balaban J connectivity index is 3.26.